The summed E-state index contributed by atoms with van der Waals surface area (Å²) >= 11 is 0. The highest BCUT2D eigenvalue weighted by atomic mass is 127. The van der Waals surface area contributed by atoms with E-state index in [-0.39, 0.29) is 24.0 Å². The molecule has 1 fully saturated rings. The van der Waals surface area contributed by atoms with Crippen LogP contribution in [0.15, 0.2) is 41.5 Å². The SMILES string of the molecule is CCOc1ncccc1CNC(=NC)NCc1ccc(C)cc1OCC1CCOC1.I. The smallest absolute Gasteiger partial charge is 0.218 e. The Morgan fingerprint density at radius 1 is 1.19 bits per heavy atom. The molecule has 1 aliphatic heterocycles. The second-order valence-electron chi connectivity index (χ2n) is 7.33. The van der Waals surface area contributed by atoms with Crippen LogP contribution in [-0.2, 0) is 17.8 Å². The van der Waals surface area contributed by atoms with Gasteiger partial charge in [-0.25, -0.2) is 4.98 Å². The van der Waals surface area contributed by atoms with Gasteiger partial charge < -0.3 is 24.8 Å². The first-order valence-electron chi connectivity index (χ1n) is 10.5. The number of hydrogen-bond donors (Lipinski definition) is 2. The van der Waals surface area contributed by atoms with Gasteiger partial charge in [-0.3, -0.25) is 4.99 Å². The highest BCUT2D eigenvalue weighted by Crippen LogP contribution is 2.22. The normalized spacial score (nSPS) is 15.8. The van der Waals surface area contributed by atoms with Crippen LogP contribution in [0.1, 0.15) is 30.0 Å². The number of rotatable bonds is 9. The molecule has 2 aromatic rings. The van der Waals surface area contributed by atoms with E-state index in [1.165, 1.54) is 5.56 Å². The van der Waals surface area contributed by atoms with Crippen LogP contribution in [0.4, 0.5) is 0 Å². The summed E-state index contributed by atoms with van der Waals surface area (Å²) in [5.41, 5.74) is 3.26. The summed E-state index contributed by atoms with van der Waals surface area (Å²) in [7, 11) is 1.76. The Morgan fingerprint density at radius 3 is 2.71 bits per heavy atom. The zero-order chi connectivity index (χ0) is 21.2. The lowest BCUT2D eigenvalue weighted by molar-refractivity contribution is 0.166. The van der Waals surface area contributed by atoms with Gasteiger partial charge in [-0.05, 0) is 38.0 Å². The molecule has 1 unspecified atom stereocenters. The van der Waals surface area contributed by atoms with Crippen molar-refractivity contribution in [1.29, 1.82) is 0 Å². The van der Waals surface area contributed by atoms with Crippen LogP contribution in [0.2, 0.25) is 0 Å². The van der Waals surface area contributed by atoms with Crippen molar-refractivity contribution < 1.29 is 14.2 Å². The number of hydrogen-bond acceptors (Lipinski definition) is 5. The van der Waals surface area contributed by atoms with E-state index in [1.807, 2.05) is 19.1 Å². The van der Waals surface area contributed by atoms with E-state index in [2.05, 4.69) is 45.7 Å². The number of aliphatic imine (C=N–C) groups is 1. The molecule has 1 saturated heterocycles. The van der Waals surface area contributed by atoms with Crippen molar-refractivity contribution in [2.75, 3.05) is 33.5 Å². The molecule has 0 amide bonds. The second-order valence-corrected chi connectivity index (χ2v) is 7.33. The van der Waals surface area contributed by atoms with Crippen LogP contribution in [0.25, 0.3) is 0 Å². The molecular weight excluding hydrogens is 507 g/mol. The third-order valence-electron chi connectivity index (χ3n) is 4.97. The van der Waals surface area contributed by atoms with Crippen LogP contribution in [0, 0.1) is 12.8 Å². The summed E-state index contributed by atoms with van der Waals surface area (Å²) in [6, 6.07) is 10.2. The number of guanidine groups is 1. The van der Waals surface area contributed by atoms with Crippen molar-refractivity contribution in [2.24, 2.45) is 10.9 Å². The number of benzene rings is 1. The summed E-state index contributed by atoms with van der Waals surface area (Å²) in [5, 5.41) is 6.69. The van der Waals surface area contributed by atoms with E-state index in [9.17, 15) is 0 Å². The number of halogens is 1. The van der Waals surface area contributed by atoms with Gasteiger partial charge in [-0.2, -0.15) is 0 Å². The molecule has 31 heavy (non-hydrogen) atoms. The predicted molar refractivity (Wildman–Crippen MR) is 133 cm³/mol. The molecule has 7 nitrogen and oxygen atoms in total. The van der Waals surface area contributed by atoms with Crippen LogP contribution in [0.3, 0.4) is 0 Å². The Hall–Kier alpha value is -2.07. The first-order valence-corrected chi connectivity index (χ1v) is 10.5. The molecule has 0 saturated carbocycles. The molecule has 1 aromatic carbocycles. The average Bonchev–Trinajstić information content (AvgIpc) is 3.28. The lowest BCUT2D eigenvalue weighted by atomic mass is 10.1. The second kappa shape index (κ2) is 13.4. The number of aromatic nitrogens is 1. The van der Waals surface area contributed by atoms with Gasteiger partial charge in [0.1, 0.15) is 5.75 Å². The van der Waals surface area contributed by atoms with Crippen molar-refractivity contribution in [3.63, 3.8) is 0 Å². The first-order chi connectivity index (χ1) is 14.7. The van der Waals surface area contributed by atoms with Crippen molar-refractivity contribution in [2.45, 2.75) is 33.4 Å². The molecule has 0 spiro atoms. The quantitative estimate of drug-likeness (QED) is 0.287. The fraction of sp³-hybridized carbons (Fsp3) is 0.478. The number of aryl methyl sites for hydroxylation is 1. The molecule has 0 bridgehead atoms. The maximum absolute atomic E-state index is 6.13. The monoisotopic (exact) mass is 540 g/mol. The van der Waals surface area contributed by atoms with Crippen molar-refractivity contribution in [3.05, 3.63) is 53.2 Å². The summed E-state index contributed by atoms with van der Waals surface area (Å²) in [5.74, 6) is 2.74. The molecule has 0 aliphatic carbocycles. The largest absolute Gasteiger partial charge is 0.493 e. The topological polar surface area (TPSA) is 77.0 Å². The molecule has 2 N–H and O–H groups in total. The Kier molecular flexibility index (Phi) is 10.9. The van der Waals surface area contributed by atoms with Crippen LogP contribution in [0.5, 0.6) is 11.6 Å². The Morgan fingerprint density at radius 2 is 2.00 bits per heavy atom. The fourth-order valence-corrected chi connectivity index (χ4v) is 3.27. The fourth-order valence-electron chi connectivity index (χ4n) is 3.27. The molecule has 2 heterocycles. The van der Waals surface area contributed by atoms with Gasteiger partial charge in [-0.1, -0.05) is 18.2 Å². The molecule has 1 aliphatic rings. The summed E-state index contributed by atoms with van der Waals surface area (Å²) < 4.78 is 17.2. The molecule has 0 radical (unpaired) electrons. The number of ether oxygens (including phenoxy) is 3. The minimum atomic E-state index is 0. The van der Waals surface area contributed by atoms with Crippen LogP contribution < -0.4 is 20.1 Å². The van der Waals surface area contributed by atoms with Crippen molar-refractivity contribution in [1.82, 2.24) is 15.6 Å². The van der Waals surface area contributed by atoms with Gasteiger partial charge >= 0.3 is 0 Å². The Balaban J connectivity index is 0.00000341. The Labute approximate surface area is 202 Å². The number of pyridine rings is 1. The van der Waals surface area contributed by atoms with E-state index in [1.54, 1.807) is 13.2 Å². The van der Waals surface area contributed by atoms with E-state index >= 15 is 0 Å². The molecular formula is C23H33IN4O3. The van der Waals surface area contributed by atoms with E-state index in [0.717, 1.165) is 36.5 Å². The van der Waals surface area contributed by atoms with Gasteiger partial charge in [0, 0.05) is 50.0 Å². The number of nitrogens with zero attached hydrogens (tertiary/aromatic N) is 2. The third kappa shape index (κ3) is 7.84. The summed E-state index contributed by atoms with van der Waals surface area (Å²) in [4.78, 5) is 8.62. The van der Waals surface area contributed by atoms with Crippen LogP contribution >= 0.6 is 24.0 Å². The molecule has 8 heteroatoms. The first kappa shape index (κ1) is 25.2. The highest BCUT2D eigenvalue weighted by Gasteiger charge is 2.17. The molecule has 1 aromatic heterocycles. The average molecular weight is 540 g/mol. The van der Waals surface area contributed by atoms with Gasteiger partial charge in [0.15, 0.2) is 5.96 Å². The summed E-state index contributed by atoms with van der Waals surface area (Å²) in [6.07, 6.45) is 2.80. The summed E-state index contributed by atoms with van der Waals surface area (Å²) in [6.45, 7) is 8.10. The maximum atomic E-state index is 6.13. The zero-order valence-electron chi connectivity index (χ0n) is 18.5. The minimum Gasteiger partial charge on any atom is -0.493 e. The predicted octanol–water partition coefficient (Wildman–Crippen LogP) is 3.69. The van der Waals surface area contributed by atoms with Crippen molar-refractivity contribution >= 4 is 29.9 Å². The van der Waals surface area contributed by atoms with Crippen LogP contribution in [-0.4, -0.2) is 44.4 Å². The Bertz CT molecular complexity index is 841. The molecule has 170 valence electrons. The maximum Gasteiger partial charge on any atom is 0.218 e. The lowest BCUT2D eigenvalue weighted by Crippen LogP contribution is -2.36. The van der Waals surface area contributed by atoms with Gasteiger partial charge in [0.05, 0.1) is 19.8 Å². The zero-order valence-corrected chi connectivity index (χ0v) is 20.8. The standard InChI is InChI=1S/C23H32N4O3.HI/c1-4-29-22-20(6-5-10-25-22)14-27-23(24-3)26-13-19-8-7-17(2)12-21(19)30-16-18-9-11-28-15-18;/h5-8,10,12,18H,4,9,11,13-16H2,1-3H3,(H2,24,26,27);1H. The van der Waals surface area contributed by atoms with Gasteiger partial charge in [0.2, 0.25) is 5.88 Å². The van der Waals surface area contributed by atoms with E-state index < -0.39 is 0 Å². The van der Waals surface area contributed by atoms with Gasteiger partial charge in [0.25, 0.3) is 0 Å². The highest BCUT2D eigenvalue weighted by molar-refractivity contribution is 14.0. The van der Waals surface area contributed by atoms with E-state index in [0.29, 0.717) is 44.1 Å². The van der Waals surface area contributed by atoms with E-state index in [4.69, 9.17) is 14.2 Å². The lowest BCUT2D eigenvalue weighted by Gasteiger charge is -2.17. The molecule has 3 rings (SSSR count). The number of nitrogens with one attached hydrogen (secondary N) is 2. The molecule has 1 atom stereocenters. The van der Waals surface area contributed by atoms with Gasteiger partial charge in [-0.15, -0.1) is 24.0 Å². The van der Waals surface area contributed by atoms with Crippen molar-refractivity contribution in [3.8, 4) is 11.6 Å². The minimum absolute atomic E-state index is 0. The third-order valence-corrected chi connectivity index (χ3v) is 4.97.